The number of hydrogen-bond acceptors (Lipinski definition) is 5. The maximum Gasteiger partial charge on any atom is 0.328 e. The van der Waals surface area contributed by atoms with E-state index in [-0.39, 0.29) is 12.5 Å². The SMILES string of the molecule is CC[C@H](C)[C@H](NC(=O)COc1ccccc1C=O)C(=O)OC. The number of esters is 1. The van der Waals surface area contributed by atoms with Crippen molar-refractivity contribution in [2.75, 3.05) is 13.7 Å². The van der Waals surface area contributed by atoms with Crippen molar-refractivity contribution in [2.45, 2.75) is 26.3 Å². The number of benzene rings is 1. The molecule has 0 aliphatic carbocycles. The highest BCUT2D eigenvalue weighted by molar-refractivity contribution is 5.85. The van der Waals surface area contributed by atoms with E-state index in [1.807, 2.05) is 13.8 Å². The summed E-state index contributed by atoms with van der Waals surface area (Å²) in [5.74, 6) is -0.670. The number of nitrogens with one attached hydrogen (secondary N) is 1. The first kappa shape index (κ1) is 17.7. The molecule has 1 N–H and O–H groups in total. The molecule has 1 aromatic rings. The molecule has 2 atom stereocenters. The maximum absolute atomic E-state index is 11.9. The first-order valence-corrected chi connectivity index (χ1v) is 7.07. The quantitative estimate of drug-likeness (QED) is 0.582. The molecular formula is C16H21NO5. The van der Waals surface area contributed by atoms with E-state index >= 15 is 0 Å². The van der Waals surface area contributed by atoms with Gasteiger partial charge in [-0.1, -0.05) is 32.4 Å². The van der Waals surface area contributed by atoms with Crippen molar-refractivity contribution in [3.05, 3.63) is 29.8 Å². The van der Waals surface area contributed by atoms with Crippen LogP contribution in [-0.4, -0.2) is 37.9 Å². The lowest BCUT2D eigenvalue weighted by Crippen LogP contribution is -2.47. The van der Waals surface area contributed by atoms with Gasteiger partial charge in [0.15, 0.2) is 12.9 Å². The monoisotopic (exact) mass is 307 g/mol. The van der Waals surface area contributed by atoms with Gasteiger partial charge in [0.05, 0.1) is 12.7 Å². The summed E-state index contributed by atoms with van der Waals surface area (Å²) in [6, 6.07) is 5.89. The molecular weight excluding hydrogens is 286 g/mol. The first-order valence-electron chi connectivity index (χ1n) is 7.07. The summed E-state index contributed by atoms with van der Waals surface area (Å²) in [6.45, 7) is 3.49. The lowest BCUT2D eigenvalue weighted by molar-refractivity contribution is -0.146. The van der Waals surface area contributed by atoms with Crippen LogP contribution < -0.4 is 10.1 Å². The number of carbonyl (C=O) groups excluding carboxylic acids is 3. The van der Waals surface area contributed by atoms with Gasteiger partial charge in [-0.25, -0.2) is 4.79 Å². The molecule has 1 amide bonds. The fraction of sp³-hybridized carbons (Fsp3) is 0.438. The molecule has 0 aliphatic heterocycles. The van der Waals surface area contributed by atoms with Gasteiger partial charge in [-0.2, -0.15) is 0 Å². The summed E-state index contributed by atoms with van der Waals surface area (Å²) in [6.07, 6.45) is 1.37. The Balaban J connectivity index is 2.64. The Morgan fingerprint density at radius 2 is 2.00 bits per heavy atom. The highest BCUT2D eigenvalue weighted by Crippen LogP contribution is 2.15. The van der Waals surface area contributed by atoms with Gasteiger partial charge in [0, 0.05) is 0 Å². The van der Waals surface area contributed by atoms with Crippen LogP contribution >= 0.6 is 0 Å². The predicted molar refractivity (Wildman–Crippen MR) is 80.7 cm³/mol. The molecule has 0 saturated heterocycles. The molecule has 120 valence electrons. The van der Waals surface area contributed by atoms with Crippen molar-refractivity contribution < 1.29 is 23.9 Å². The molecule has 6 heteroatoms. The van der Waals surface area contributed by atoms with Crippen LogP contribution in [0.15, 0.2) is 24.3 Å². The first-order chi connectivity index (χ1) is 10.5. The average molecular weight is 307 g/mol. The third kappa shape index (κ3) is 4.87. The van der Waals surface area contributed by atoms with Crippen LogP contribution in [0.3, 0.4) is 0 Å². The molecule has 0 radical (unpaired) electrons. The van der Waals surface area contributed by atoms with Crippen molar-refractivity contribution in [3.8, 4) is 5.75 Å². The number of amides is 1. The largest absolute Gasteiger partial charge is 0.483 e. The Labute approximate surface area is 129 Å². The lowest BCUT2D eigenvalue weighted by Gasteiger charge is -2.21. The maximum atomic E-state index is 11.9. The topological polar surface area (TPSA) is 81.7 Å². The summed E-state index contributed by atoms with van der Waals surface area (Å²) in [7, 11) is 1.28. The molecule has 22 heavy (non-hydrogen) atoms. The minimum absolute atomic E-state index is 0.0568. The zero-order chi connectivity index (χ0) is 16.5. The zero-order valence-electron chi connectivity index (χ0n) is 13.0. The summed E-state index contributed by atoms with van der Waals surface area (Å²) >= 11 is 0. The van der Waals surface area contributed by atoms with Crippen LogP contribution in [0.5, 0.6) is 5.75 Å². The van der Waals surface area contributed by atoms with Gasteiger partial charge in [-0.05, 0) is 18.1 Å². The summed E-state index contributed by atoms with van der Waals surface area (Å²) in [4.78, 5) is 34.5. The molecule has 0 unspecified atom stereocenters. The average Bonchev–Trinajstić information content (AvgIpc) is 2.56. The second-order valence-electron chi connectivity index (χ2n) is 4.90. The minimum Gasteiger partial charge on any atom is -0.483 e. The smallest absolute Gasteiger partial charge is 0.328 e. The fourth-order valence-electron chi connectivity index (χ4n) is 1.86. The molecule has 0 fully saturated rings. The van der Waals surface area contributed by atoms with Crippen molar-refractivity contribution in [1.82, 2.24) is 5.32 Å². The van der Waals surface area contributed by atoms with Gasteiger partial charge >= 0.3 is 5.97 Å². The zero-order valence-corrected chi connectivity index (χ0v) is 13.0. The molecule has 1 aromatic carbocycles. The molecule has 1 rings (SSSR count). The Bertz CT molecular complexity index is 529. The fourth-order valence-corrected chi connectivity index (χ4v) is 1.86. The number of para-hydroxylation sites is 1. The molecule has 0 saturated carbocycles. The Kier molecular flexibility index (Phi) is 7.08. The van der Waals surface area contributed by atoms with Crippen LogP contribution in [0.2, 0.25) is 0 Å². The van der Waals surface area contributed by atoms with Crippen molar-refractivity contribution in [1.29, 1.82) is 0 Å². The van der Waals surface area contributed by atoms with Crippen LogP contribution in [0, 0.1) is 5.92 Å². The minimum atomic E-state index is -0.715. The second-order valence-corrected chi connectivity index (χ2v) is 4.90. The van der Waals surface area contributed by atoms with E-state index in [0.29, 0.717) is 17.6 Å². The Morgan fingerprint density at radius 3 is 2.59 bits per heavy atom. The van der Waals surface area contributed by atoms with Crippen LogP contribution in [0.1, 0.15) is 30.6 Å². The Morgan fingerprint density at radius 1 is 1.32 bits per heavy atom. The third-order valence-electron chi connectivity index (χ3n) is 3.39. The summed E-state index contributed by atoms with van der Waals surface area (Å²) < 4.78 is 10.0. The highest BCUT2D eigenvalue weighted by Gasteiger charge is 2.26. The van der Waals surface area contributed by atoms with Crippen LogP contribution in [-0.2, 0) is 14.3 Å². The molecule has 0 aliphatic rings. The van der Waals surface area contributed by atoms with Gasteiger partial charge in [0.2, 0.25) is 0 Å². The summed E-state index contributed by atoms with van der Waals surface area (Å²) in [5.41, 5.74) is 0.363. The van der Waals surface area contributed by atoms with E-state index in [2.05, 4.69) is 5.32 Å². The Hall–Kier alpha value is -2.37. The van der Waals surface area contributed by atoms with Gasteiger partial charge in [-0.3, -0.25) is 9.59 Å². The van der Waals surface area contributed by atoms with Gasteiger partial charge in [0.1, 0.15) is 11.8 Å². The molecule has 0 spiro atoms. The third-order valence-corrected chi connectivity index (χ3v) is 3.39. The van der Waals surface area contributed by atoms with Gasteiger partial charge < -0.3 is 14.8 Å². The predicted octanol–water partition coefficient (Wildman–Crippen LogP) is 1.58. The van der Waals surface area contributed by atoms with E-state index in [9.17, 15) is 14.4 Å². The normalized spacial score (nSPS) is 12.9. The van der Waals surface area contributed by atoms with E-state index in [0.717, 1.165) is 6.42 Å². The second kappa shape index (κ2) is 8.81. The number of hydrogen-bond donors (Lipinski definition) is 1. The molecule has 6 nitrogen and oxygen atoms in total. The molecule has 0 bridgehead atoms. The number of ether oxygens (including phenoxy) is 2. The molecule has 0 aromatic heterocycles. The van der Waals surface area contributed by atoms with Crippen LogP contribution in [0.4, 0.5) is 0 Å². The van der Waals surface area contributed by atoms with Crippen molar-refractivity contribution in [3.63, 3.8) is 0 Å². The van der Waals surface area contributed by atoms with Crippen LogP contribution in [0.25, 0.3) is 0 Å². The van der Waals surface area contributed by atoms with Gasteiger partial charge in [0.25, 0.3) is 5.91 Å². The lowest BCUT2D eigenvalue weighted by atomic mass is 9.99. The van der Waals surface area contributed by atoms with Crippen molar-refractivity contribution in [2.24, 2.45) is 5.92 Å². The molecule has 0 heterocycles. The number of aldehydes is 1. The number of rotatable bonds is 8. The van der Waals surface area contributed by atoms with E-state index in [1.165, 1.54) is 7.11 Å². The standard InChI is InChI=1S/C16H21NO5/c1-4-11(2)15(16(20)21-3)17-14(19)10-22-13-8-6-5-7-12(13)9-18/h5-9,11,15H,4,10H2,1-3H3,(H,17,19)/t11-,15-/m0/s1. The van der Waals surface area contributed by atoms with Crippen molar-refractivity contribution >= 4 is 18.2 Å². The van der Waals surface area contributed by atoms with Gasteiger partial charge in [-0.15, -0.1) is 0 Å². The summed E-state index contributed by atoms with van der Waals surface area (Å²) in [5, 5.41) is 2.60. The number of methoxy groups -OCH3 is 1. The van der Waals surface area contributed by atoms with E-state index in [4.69, 9.17) is 9.47 Å². The highest BCUT2D eigenvalue weighted by atomic mass is 16.5. The van der Waals surface area contributed by atoms with E-state index < -0.39 is 17.9 Å². The number of carbonyl (C=O) groups is 3. The van der Waals surface area contributed by atoms with E-state index in [1.54, 1.807) is 24.3 Å².